The van der Waals surface area contributed by atoms with Crippen LogP contribution in [0.4, 0.5) is 0 Å². The molecule has 0 atom stereocenters. The molecular weight excluding hydrogens is 532 g/mol. The Morgan fingerprint density at radius 2 is 0.625 bits per heavy atom. The SMILES string of the molecule is C=CC(=O)OCC(COC(=O)C=C)(COC(=O)C=C)COC(COC(=O)C=C)(COC(=O)C=C)COC(=O)C=C. The van der Waals surface area contributed by atoms with Crippen LogP contribution in [0.25, 0.3) is 0 Å². The second kappa shape index (κ2) is 18.5. The van der Waals surface area contributed by atoms with E-state index in [4.69, 9.17) is 33.2 Å². The van der Waals surface area contributed by atoms with Crippen molar-refractivity contribution in [3.05, 3.63) is 75.9 Å². The lowest BCUT2D eigenvalue weighted by Gasteiger charge is -2.37. The second-order valence-corrected chi connectivity index (χ2v) is 7.84. The van der Waals surface area contributed by atoms with E-state index in [-0.39, 0.29) is 0 Å². The van der Waals surface area contributed by atoms with Crippen molar-refractivity contribution in [3.8, 4) is 0 Å². The van der Waals surface area contributed by atoms with Crippen LogP contribution in [-0.2, 0) is 61.9 Å². The topological polar surface area (TPSA) is 167 Å². The van der Waals surface area contributed by atoms with Gasteiger partial charge >= 0.3 is 35.8 Å². The van der Waals surface area contributed by atoms with Crippen molar-refractivity contribution in [3.63, 3.8) is 0 Å². The van der Waals surface area contributed by atoms with E-state index in [0.29, 0.717) is 0 Å². The average molecular weight is 565 g/mol. The summed E-state index contributed by atoms with van der Waals surface area (Å²) in [5.74, 6) is -5.32. The maximum atomic E-state index is 11.9. The Bertz CT molecular complexity index is 808. The Hall–Kier alpha value is -4.78. The molecule has 0 amide bonds. The molecule has 0 unspecified atom stereocenters. The van der Waals surface area contributed by atoms with Crippen molar-refractivity contribution < 1.29 is 61.9 Å². The zero-order valence-electron chi connectivity index (χ0n) is 22.0. The minimum atomic E-state index is -1.89. The number of hydrogen-bond acceptors (Lipinski definition) is 13. The molecule has 0 aromatic rings. The number of carbonyl (C=O) groups excluding carboxylic acids is 6. The molecule has 0 aliphatic carbocycles. The predicted molar refractivity (Wildman–Crippen MR) is 138 cm³/mol. The molecule has 0 aliphatic heterocycles. The molecule has 0 radical (unpaired) electrons. The minimum Gasteiger partial charge on any atom is -0.462 e. The highest BCUT2D eigenvalue weighted by Crippen LogP contribution is 2.26. The first-order valence-electron chi connectivity index (χ1n) is 11.3. The zero-order chi connectivity index (χ0) is 30.6. The third kappa shape index (κ3) is 13.7. The summed E-state index contributed by atoms with van der Waals surface area (Å²) in [7, 11) is 0. The van der Waals surface area contributed by atoms with E-state index in [9.17, 15) is 28.8 Å². The monoisotopic (exact) mass is 564 g/mol. The van der Waals surface area contributed by atoms with Crippen molar-refractivity contribution in [2.75, 3.05) is 46.2 Å². The van der Waals surface area contributed by atoms with Crippen molar-refractivity contribution in [1.82, 2.24) is 0 Å². The van der Waals surface area contributed by atoms with Crippen LogP contribution < -0.4 is 0 Å². The van der Waals surface area contributed by atoms with Gasteiger partial charge in [0.15, 0.2) is 5.60 Å². The molecule has 13 heteroatoms. The highest BCUT2D eigenvalue weighted by Gasteiger charge is 2.43. The number of esters is 6. The second-order valence-electron chi connectivity index (χ2n) is 7.84. The Morgan fingerprint density at radius 1 is 0.400 bits per heavy atom. The molecular formula is C27H32O13. The average Bonchev–Trinajstić information content (AvgIpc) is 2.98. The normalized spacial score (nSPS) is 10.5. The summed E-state index contributed by atoms with van der Waals surface area (Å²) in [5.41, 5.74) is -3.51. The molecule has 0 saturated carbocycles. The molecule has 0 rings (SSSR count). The molecule has 0 spiro atoms. The van der Waals surface area contributed by atoms with Gasteiger partial charge in [-0.1, -0.05) is 39.5 Å². The summed E-state index contributed by atoms with van der Waals surface area (Å²) in [6.45, 7) is 15.5. The van der Waals surface area contributed by atoms with Crippen molar-refractivity contribution in [1.29, 1.82) is 0 Å². The van der Waals surface area contributed by atoms with E-state index in [1.807, 2.05) is 0 Å². The summed E-state index contributed by atoms with van der Waals surface area (Å²) in [5, 5.41) is 0. The van der Waals surface area contributed by atoms with E-state index in [2.05, 4.69) is 39.5 Å². The summed E-state index contributed by atoms with van der Waals surface area (Å²) in [6.07, 6.45) is 5.12. The van der Waals surface area contributed by atoms with Gasteiger partial charge < -0.3 is 33.2 Å². The molecule has 13 nitrogen and oxygen atoms in total. The fraction of sp³-hybridized carbons (Fsp3) is 0.333. The lowest BCUT2D eigenvalue weighted by molar-refractivity contribution is -0.203. The van der Waals surface area contributed by atoms with Gasteiger partial charge in [-0.3, -0.25) is 0 Å². The highest BCUT2D eigenvalue weighted by molar-refractivity contribution is 5.83. The van der Waals surface area contributed by atoms with Crippen LogP contribution >= 0.6 is 0 Å². The highest BCUT2D eigenvalue weighted by atomic mass is 16.6. The Labute approximate surface area is 231 Å². The van der Waals surface area contributed by atoms with Crippen LogP contribution in [0.2, 0.25) is 0 Å². The first-order valence-corrected chi connectivity index (χ1v) is 11.3. The quantitative estimate of drug-likeness (QED) is 0.111. The van der Waals surface area contributed by atoms with Crippen molar-refractivity contribution in [2.24, 2.45) is 5.41 Å². The van der Waals surface area contributed by atoms with Crippen LogP contribution in [0.3, 0.4) is 0 Å². The van der Waals surface area contributed by atoms with Crippen LogP contribution in [-0.4, -0.2) is 87.7 Å². The van der Waals surface area contributed by atoms with Crippen LogP contribution in [0.5, 0.6) is 0 Å². The fourth-order valence-electron chi connectivity index (χ4n) is 2.44. The number of ether oxygens (including phenoxy) is 7. The molecule has 0 saturated heterocycles. The smallest absolute Gasteiger partial charge is 0.330 e. The van der Waals surface area contributed by atoms with Crippen LogP contribution in [0, 0.1) is 5.41 Å². The molecule has 0 aliphatic rings. The lowest BCUT2D eigenvalue weighted by Crippen LogP contribution is -2.52. The Balaban J connectivity index is 6.57. The fourth-order valence-corrected chi connectivity index (χ4v) is 2.44. The van der Waals surface area contributed by atoms with E-state index < -0.39 is 93.1 Å². The molecule has 0 aromatic heterocycles. The summed E-state index contributed by atoms with van der Waals surface area (Å²) in [4.78, 5) is 71.1. The standard InChI is InChI=1S/C27H32O13/c1-7-20(28)34-13-26(14-35-21(29)8-2,15-36-22(30)9-3)16-40-27(17-37-23(31)10-4,18-38-24(32)11-5)19-39-25(33)12-6/h7-12H,1-6,13-19H2. The van der Waals surface area contributed by atoms with Gasteiger partial charge in [-0.2, -0.15) is 0 Å². The first kappa shape index (κ1) is 35.2. The summed E-state index contributed by atoms with van der Waals surface area (Å²) >= 11 is 0. The largest absolute Gasteiger partial charge is 0.462 e. The first-order chi connectivity index (χ1) is 18.9. The van der Waals surface area contributed by atoms with Gasteiger partial charge in [0.25, 0.3) is 0 Å². The van der Waals surface area contributed by atoms with Crippen molar-refractivity contribution >= 4 is 35.8 Å². The van der Waals surface area contributed by atoms with Gasteiger partial charge in [0.05, 0.1) is 12.0 Å². The third-order valence-electron chi connectivity index (χ3n) is 4.68. The van der Waals surface area contributed by atoms with Crippen molar-refractivity contribution in [2.45, 2.75) is 5.60 Å². The molecule has 0 bridgehead atoms. The van der Waals surface area contributed by atoms with Gasteiger partial charge in [-0.05, 0) is 0 Å². The molecule has 0 fully saturated rings. The van der Waals surface area contributed by atoms with E-state index in [0.717, 1.165) is 36.5 Å². The number of hydrogen-bond donors (Lipinski definition) is 0. The molecule has 0 aromatic carbocycles. The van der Waals surface area contributed by atoms with Gasteiger partial charge in [-0.25, -0.2) is 28.8 Å². The van der Waals surface area contributed by atoms with E-state index in [1.54, 1.807) is 0 Å². The van der Waals surface area contributed by atoms with Crippen LogP contribution in [0.1, 0.15) is 0 Å². The maximum Gasteiger partial charge on any atom is 0.330 e. The van der Waals surface area contributed by atoms with E-state index in [1.165, 1.54) is 0 Å². The number of rotatable bonds is 21. The third-order valence-corrected chi connectivity index (χ3v) is 4.68. The molecule has 218 valence electrons. The zero-order valence-corrected chi connectivity index (χ0v) is 22.0. The Kier molecular flexibility index (Phi) is 16.3. The predicted octanol–water partition coefficient (Wildman–Crippen LogP) is 1.10. The number of carbonyl (C=O) groups is 6. The molecule has 0 N–H and O–H groups in total. The van der Waals surface area contributed by atoms with Gasteiger partial charge in [0, 0.05) is 36.5 Å². The summed E-state index contributed by atoms with van der Waals surface area (Å²) < 4.78 is 36.7. The Morgan fingerprint density at radius 3 is 0.850 bits per heavy atom. The summed E-state index contributed by atoms with van der Waals surface area (Å²) in [6, 6.07) is 0. The lowest BCUT2D eigenvalue weighted by atomic mass is 9.91. The van der Waals surface area contributed by atoms with E-state index >= 15 is 0 Å². The van der Waals surface area contributed by atoms with Crippen LogP contribution in [0.15, 0.2) is 75.9 Å². The van der Waals surface area contributed by atoms with Gasteiger partial charge in [0.1, 0.15) is 39.6 Å². The molecule has 0 heterocycles. The minimum absolute atomic E-state index is 0.561. The molecule has 40 heavy (non-hydrogen) atoms. The maximum absolute atomic E-state index is 11.9. The van der Waals surface area contributed by atoms with Gasteiger partial charge in [-0.15, -0.1) is 0 Å². The van der Waals surface area contributed by atoms with Gasteiger partial charge in [0.2, 0.25) is 0 Å².